The van der Waals surface area contributed by atoms with Crippen LogP contribution in [0, 0.1) is 0 Å². The number of carbonyl (C=O) groups is 1. The van der Waals surface area contributed by atoms with Crippen LogP contribution in [0.1, 0.15) is 32.1 Å². The lowest BCUT2D eigenvalue weighted by molar-refractivity contribution is -0.131. The molecular weight excluding hydrogens is 164 g/mol. The summed E-state index contributed by atoms with van der Waals surface area (Å²) in [5.41, 5.74) is 0. The van der Waals surface area contributed by atoms with E-state index >= 15 is 0 Å². The van der Waals surface area contributed by atoms with E-state index in [1.165, 1.54) is 25.7 Å². The van der Waals surface area contributed by atoms with Crippen LogP contribution in [-0.2, 0) is 4.79 Å². The minimum Gasteiger partial charge on any atom is -0.339 e. The van der Waals surface area contributed by atoms with E-state index in [1.807, 2.05) is 0 Å². The third-order valence-corrected chi connectivity index (χ3v) is 3.11. The Morgan fingerprint density at radius 1 is 1.23 bits per heavy atom. The molecule has 1 saturated heterocycles. The van der Waals surface area contributed by atoms with Crippen LogP contribution >= 0.6 is 0 Å². The molecule has 2 fully saturated rings. The molecule has 1 amide bonds. The lowest BCUT2D eigenvalue weighted by Crippen LogP contribution is -2.41. The summed E-state index contributed by atoms with van der Waals surface area (Å²) < 4.78 is 0. The SMILES string of the molecule is O=C1CNCCCN1C1CCCC1. The number of nitrogens with one attached hydrogen (secondary N) is 1. The fraction of sp³-hybridized carbons (Fsp3) is 0.900. The molecule has 0 spiro atoms. The Hall–Kier alpha value is -0.570. The predicted molar refractivity (Wildman–Crippen MR) is 51.5 cm³/mol. The first kappa shape index (κ1) is 9.00. The Morgan fingerprint density at radius 3 is 2.77 bits per heavy atom. The third-order valence-electron chi connectivity index (χ3n) is 3.11. The van der Waals surface area contributed by atoms with E-state index in [0.29, 0.717) is 18.5 Å². The standard InChI is InChI=1S/C10H18N2O/c13-10-8-11-6-3-7-12(10)9-4-1-2-5-9/h9,11H,1-8H2. The van der Waals surface area contributed by atoms with E-state index in [-0.39, 0.29) is 0 Å². The van der Waals surface area contributed by atoms with Crippen LogP contribution in [0.2, 0.25) is 0 Å². The summed E-state index contributed by atoms with van der Waals surface area (Å²) in [7, 11) is 0. The molecule has 0 unspecified atom stereocenters. The summed E-state index contributed by atoms with van der Waals surface area (Å²) in [4.78, 5) is 13.8. The van der Waals surface area contributed by atoms with Crippen LogP contribution in [0.5, 0.6) is 0 Å². The highest BCUT2D eigenvalue weighted by Crippen LogP contribution is 2.23. The van der Waals surface area contributed by atoms with Crippen LogP contribution in [0.3, 0.4) is 0 Å². The molecule has 0 radical (unpaired) electrons. The quantitative estimate of drug-likeness (QED) is 0.649. The van der Waals surface area contributed by atoms with Gasteiger partial charge in [-0.3, -0.25) is 4.79 Å². The summed E-state index contributed by atoms with van der Waals surface area (Å²) in [5.74, 6) is 0.310. The average Bonchev–Trinajstić information content (AvgIpc) is 2.56. The number of hydrogen-bond donors (Lipinski definition) is 1. The van der Waals surface area contributed by atoms with Gasteiger partial charge in [-0.2, -0.15) is 0 Å². The first-order valence-corrected chi connectivity index (χ1v) is 5.38. The Labute approximate surface area is 79.5 Å². The van der Waals surface area contributed by atoms with E-state index in [4.69, 9.17) is 0 Å². The number of nitrogens with zero attached hydrogens (tertiary/aromatic N) is 1. The van der Waals surface area contributed by atoms with Gasteiger partial charge in [-0.1, -0.05) is 12.8 Å². The van der Waals surface area contributed by atoms with Gasteiger partial charge in [0.05, 0.1) is 6.54 Å². The van der Waals surface area contributed by atoms with Crippen LogP contribution in [-0.4, -0.2) is 36.5 Å². The molecular formula is C10H18N2O. The highest BCUT2D eigenvalue weighted by atomic mass is 16.2. The second-order valence-corrected chi connectivity index (χ2v) is 4.06. The molecule has 2 rings (SSSR count). The van der Waals surface area contributed by atoms with Crippen molar-refractivity contribution in [3.8, 4) is 0 Å². The van der Waals surface area contributed by atoms with E-state index in [2.05, 4.69) is 10.2 Å². The molecule has 1 heterocycles. The molecule has 0 aromatic rings. The second kappa shape index (κ2) is 4.09. The van der Waals surface area contributed by atoms with Gasteiger partial charge in [-0.15, -0.1) is 0 Å². The van der Waals surface area contributed by atoms with E-state index < -0.39 is 0 Å². The van der Waals surface area contributed by atoms with Crippen molar-refractivity contribution < 1.29 is 4.79 Å². The number of carbonyl (C=O) groups excluding carboxylic acids is 1. The summed E-state index contributed by atoms with van der Waals surface area (Å²) in [5, 5.41) is 3.16. The average molecular weight is 182 g/mol. The van der Waals surface area contributed by atoms with Gasteiger partial charge in [0.1, 0.15) is 0 Å². The molecule has 2 aliphatic rings. The maximum atomic E-state index is 11.7. The number of hydrogen-bond acceptors (Lipinski definition) is 2. The Kier molecular flexibility index (Phi) is 2.83. The largest absolute Gasteiger partial charge is 0.339 e. The summed E-state index contributed by atoms with van der Waals surface area (Å²) in [6.07, 6.45) is 6.18. The zero-order valence-electron chi connectivity index (χ0n) is 8.09. The van der Waals surface area contributed by atoms with Crippen LogP contribution in [0.15, 0.2) is 0 Å². The molecule has 0 bridgehead atoms. The van der Waals surface area contributed by atoms with Crippen molar-refractivity contribution in [2.45, 2.75) is 38.1 Å². The van der Waals surface area contributed by atoms with Gasteiger partial charge in [0.2, 0.25) is 5.91 Å². The molecule has 3 nitrogen and oxygen atoms in total. The van der Waals surface area contributed by atoms with E-state index in [9.17, 15) is 4.79 Å². The fourth-order valence-electron chi connectivity index (χ4n) is 2.40. The molecule has 1 saturated carbocycles. The minimum absolute atomic E-state index is 0.310. The first-order valence-electron chi connectivity index (χ1n) is 5.38. The fourth-order valence-corrected chi connectivity index (χ4v) is 2.40. The van der Waals surface area contributed by atoms with Crippen molar-refractivity contribution in [3.63, 3.8) is 0 Å². The van der Waals surface area contributed by atoms with E-state index in [0.717, 1.165) is 19.5 Å². The van der Waals surface area contributed by atoms with Gasteiger partial charge in [-0.05, 0) is 25.8 Å². The van der Waals surface area contributed by atoms with Gasteiger partial charge in [0.15, 0.2) is 0 Å². The topological polar surface area (TPSA) is 32.3 Å². The van der Waals surface area contributed by atoms with Crippen LogP contribution in [0.4, 0.5) is 0 Å². The third kappa shape index (κ3) is 2.02. The predicted octanol–water partition coefficient (Wildman–Crippen LogP) is 0.751. The zero-order valence-corrected chi connectivity index (χ0v) is 8.09. The minimum atomic E-state index is 0.310. The maximum absolute atomic E-state index is 11.7. The molecule has 1 N–H and O–H groups in total. The second-order valence-electron chi connectivity index (χ2n) is 4.06. The summed E-state index contributed by atoms with van der Waals surface area (Å²) >= 11 is 0. The van der Waals surface area contributed by atoms with Gasteiger partial charge < -0.3 is 10.2 Å². The normalized spacial score (nSPS) is 26.5. The molecule has 3 heteroatoms. The van der Waals surface area contributed by atoms with E-state index in [1.54, 1.807) is 0 Å². The Balaban J connectivity index is 1.97. The lowest BCUT2D eigenvalue weighted by Gasteiger charge is -2.27. The first-order chi connectivity index (χ1) is 6.38. The van der Waals surface area contributed by atoms with Crippen molar-refractivity contribution in [3.05, 3.63) is 0 Å². The highest BCUT2D eigenvalue weighted by molar-refractivity contribution is 5.78. The van der Waals surface area contributed by atoms with Gasteiger partial charge in [-0.25, -0.2) is 0 Å². The lowest BCUT2D eigenvalue weighted by atomic mass is 10.2. The van der Waals surface area contributed by atoms with Crippen LogP contribution < -0.4 is 5.32 Å². The molecule has 1 aliphatic heterocycles. The van der Waals surface area contributed by atoms with Crippen molar-refractivity contribution in [1.29, 1.82) is 0 Å². The molecule has 1 aliphatic carbocycles. The number of rotatable bonds is 1. The molecule has 0 aromatic heterocycles. The highest BCUT2D eigenvalue weighted by Gasteiger charge is 2.26. The smallest absolute Gasteiger partial charge is 0.236 e. The Morgan fingerprint density at radius 2 is 2.00 bits per heavy atom. The van der Waals surface area contributed by atoms with Crippen molar-refractivity contribution in [2.75, 3.05) is 19.6 Å². The van der Waals surface area contributed by atoms with Crippen molar-refractivity contribution in [1.82, 2.24) is 10.2 Å². The molecule has 13 heavy (non-hydrogen) atoms. The monoisotopic (exact) mass is 182 g/mol. The maximum Gasteiger partial charge on any atom is 0.236 e. The van der Waals surface area contributed by atoms with Gasteiger partial charge >= 0.3 is 0 Å². The van der Waals surface area contributed by atoms with Crippen LogP contribution in [0.25, 0.3) is 0 Å². The molecule has 0 atom stereocenters. The van der Waals surface area contributed by atoms with Crippen molar-refractivity contribution >= 4 is 5.91 Å². The zero-order chi connectivity index (χ0) is 9.10. The number of amides is 1. The van der Waals surface area contributed by atoms with Crippen molar-refractivity contribution in [2.24, 2.45) is 0 Å². The molecule has 74 valence electrons. The Bertz CT molecular complexity index is 187. The van der Waals surface area contributed by atoms with Gasteiger partial charge in [0.25, 0.3) is 0 Å². The van der Waals surface area contributed by atoms with Gasteiger partial charge in [0, 0.05) is 12.6 Å². The summed E-state index contributed by atoms with van der Waals surface area (Å²) in [6, 6.07) is 0.562. The summed E-state index contributed by atoms with van der Waals surface area (Å²) in [6.45, 7) is 2.52. The molecule has 0 aromatic carbocycles.